The van der Waals surface area contributed by atoms with Gasteiger partial charge in [-0.2, -0.15) is 0 Å². The van der Waals surface area contributed by atoms with Gasteiger partial charge in [-0.15, -0.1) is 11.3 Å². The number of thiophene rings is 1. The number of rotatable bonds is 7. The minimum Gasteiger partial charge on any atom is -0.497 e. The van der Waals surface area contributed by atoms with E-state index in [1.54, 1.807) is 18.4 Å². The zero-order chi connectivity index (χ0) is 21.5. The van der Waals surface area contributed by atoms with Crippen LogP contribution in [0.2, 0.25) is 0 Å². The van der Waals surface area contributed by atoms with Crippen LogP contribution in [0.4, 0.5) is 0 Å². The highest BCUT2D eigenvalue weighted by Gasteiger charge is 2.31. The Morgan fingerprint density at radius 3 is 2.40 bits per heavy atom. The minimum atomic E-state index is -0.624. The van der Waals surface area contributed by atoms with Gasteiger partial charge in [-0.3, -0.25) is 14.5 Å². The largest absolute Gasteiger partial charge is 0.497 e. The Morgan fingerprint density at radius 2 is 1.80 bits per heavy atom. The molecule has 0 bridgehead atoms. The molecule has 2 heterocycles. The summed E-state index contributed by atoms with van der Waals surface area (Å²) >= 11 is 1.68. The van der Waals surface area contributed by atoms with Crippen LogP contribution in [0.1, 0.15) is 23.4 Å². The molecule has 0 radical (unpaired) electrons. The van der Waals surface area contributed by atoms with Gasteiger partial charge in [0, 0.05) is 43.6 Å². The van der Waals surface area contributed by atoms with Crippen LogP contribution < -0.4 is 15.4 Å². The molecular formula is C22H30N4O3S. The lowest BCUT2D eigenvalue weighted by Crippen LogP contribution is -2.53. The smallest absolute Gasteiger partial charge is 0.309 e. The number of hydrogen-bond donors (Lipinski definition) is 2. The van der Waals surface area contributed by atoms with Gasteiger partial charge < -0.3 is 20.3 Å². The van der Waals surface area contributed by atoms with Crippen LogP contribution in [-0.4, -0.2) is 68.0 Å². The molecule has 30 heavy (non-hydrogen) atoms. The van der Waals surface area contributed by atoms with E-state index in [1.807, 2.05) is 37.3 Å². The molecule has 1 saturated heterocycles. The zero-order valence-electron chi connectivity index (χ0n) is 17.8. The summed E-state index contributed by atoms with van der Waals surface area (Å²) in [6.07, 6.45) is 0. The summed E-state index contributed by atoms with van der Waals surface area (Å²) in [4.78, 5) is 30.8. The first-order valence-corrected chi connectivity index (χ1v) is 11.0. The molecule has 1 aromatic heterocycles. The summed E-state index contributed by atoms with van der Waals surface area (Å²) in [5, 5.41) is 7.65. The predicted octanol–water partition coefficient (Wildman–Crippen LogP) is 1.87. The normalized spacial score (nSPS) is 17.2. The second-order valence-electron chi connectivity index (χ2n) is 7.59. The number of nitrogens with zero attached hydrogens (tertiary/aromatic N) is 2. The molecule has 0 aliphatic carbocycles. The maximum Gasteiger partial charge on any atom is 0.309 e. The van der Waals surface area contributed by atoms with E-state index in [2.05, 4.69) is 38.9 Å². The quantitative estimate of drug-likeness (QED) is 0.656. The SMILES string of the molecule is COc1ccc(CNC(=O)C(=O)N[C@H](C)[C@H](c2cccs2)N2CCN(C)CC2)cc1. The highest BCUT2D eigenvalue weighted by Crippen LogP contribution is 2.29. The van der Waals surface area contributed by atoms with Crippen LogP contribution in [0.25, 0.3) is 0 Å². The lowest BCUT2D eigenvalue weighted by Gasteiger charge is -2.40. The molecule has 3 rings (SSSR count). The first-order chi connectivity index (χ1) is 14.5. The van der Waals surface area contributed by atoms with Crippen LogP contribution in [0, 0.1) is 0 Å². The van der Waals surface area contributed by atoms with E-state index in [0.29, 0.717) is 0 Å². The predicted molar refractivity (Wildman–Crippen MR) is 119 cm³/mol. The third-order valence-corrected chi connectivity index (χ3v) is 6.36. The van der Waals surface area contributed by atoms with Gasteiger partial charge in [0.15, 0.2) is 0 Å². The highest BCUT2D eigenvalue weighted by molar-refractivity contribution is 7.10. The number of carbonyl (C=O) groups is 2. The minimum absolute atomic E-state index is 0.0528. The molecular weight excluding hydrogens is 400 g/mol. The van der Waals surface area contributed by atoms with Crippen molar-refractivity contribution in [3.05, 3.63) is 52.2 Å². The molecule has 2 N–H and O–H groups in total. The van der Waals surface area contributed by atoms with E-state index in [-0.39, 0.29) is 18.6 Å². The Balaban J connectivity index is 1.57. The van der Waals surface area contributed by atoms with E-state index in [0.717, 1.165) is 37.5 Å². The van der Waals surface area contributed by atoms with Gasteiger partial charge in [0.1, 0.15) is 5.75 Å². The maximum atomic E-state index is 12.5. The van der Waals surface area contributed by atoms with Crippen LogP contribution in [-0.2, 0) is 16.1 Å². The van der Waals surface area contributed by atoms with Crippen molar-refractivity contribution in [2.75, 3.05) is 40.3 Å². The van der Waals surface area contributed by atoms with Gasteiger partial charge in [0.05, 0.1) is 13.2 Å². The van der Waals surface area contributed by atoms with Crippen molar-refractivity contribution >= 4 is 23.2 Å². The topological polar surface area (TPSA) is 73.9 Å². The average Bonchev–Trinajstić information content (AvgIpc) is 3.28. The first kappa shape index (κ1) is 22.3. The van der Waals surface area contributed by atoms with Crippen molar-refractivity contribution in [1.29, 1.82) is 0 Å². The Kier molecular flexibility index (Phi) is 7.84. The Morgan fingerprint density at radius 1 is 1.10 bits per heavy atom. The molecule has 162 valence electrons. The Bertz CT molecular complexity index is 817. The summed E-state index contributed by atoms with van der Waals surface area (Å²) in [5.41, 5.74) is 0.902. The number of piperazine rings is 1. The number of benzene rings is 1. The fourth-order valence-electron chi connectivity index (χ4n) is 3.66. The lowest BCUT2D eigenvalue weighted by atomic mass is 10.0. The summed E-state index contributed by atoms with van der Waals surface area (Å²) in [6.45, 7) is 6.11. The zero-order valence-corrected chi connectivity index (χ0v) is 18.6. The molecule has 1 aliphatic rings. The van der Waals surface area contributed by atoms with Crippen LogP contribution in [0.5, 0.6) is 5.75 Å². The third-order valence-electron chi connectivity index (χ3n) is 5.42. The molecule has 2 atom stereocenters. The van der Waals surface area contributed by atoms with Crippen LogP contribution in [0.3, 0.4) is 0 Å². The van der Waals surface area contributed by atoms with Crippen LogP contribution >= 0.6 is 11.3 Å². The second-order valence-corrected chi connectivity index (χ2v) is 8.57. The number of hydrogen-bond acceptors (Lipinski definition) is 6. The van der Waals surface area contributed by atoms with E-state index in [9.17, 15) is 9.59 Å². The van der Waals surface area contributed by atoms with Gasteiger partial charge in [0.25, 0.3) is 0 Å². The highest BCUT2D eigenvalue weighted by atomic mass is 32.1. The van der Waals surface area contributed by atoms with Gasteiger partial charge >= 0.3 is 11.8 Å². The molecule has 1 aliphatic heterocycles. The number of likely N-dealkylation sites (N-methyl/N-ethyl adjacent to an activating group) is 1. The monoisotopic (exact) mass is 430 g/mol. The number of amides is 2. The number of ether oxygens (including phenoxy) is 1. The van der Waals surface area contributed by atoms with E-state index >= 15 is 0 Å². The van der Waals surface area contributed by atoms with Crippen molar-refractivity contribution in [2.24, 2.45) is 0 Å². The number of methoxy groups -OCH3 is 1. The molecule has 7 nitrogen and oxygen atoms in total. The molecule has 2 aromatic rings. The summed E-state index contributed by atoms with van der Waals surface area (Å²) < 4.78 is 5.13. The molecule has 0 saturated carbocycles. The maximum absolute atomic E-state index is 12.5. The average molecular weight is 431 g/mol. The van der Waals surface area contributed by atoms with E-state index in [1.165, 1.54) is 4.88 Å². The second kappa shape index (κ2) is 10.6. The Labute approximate surface area is 182 Å². The van der Waals surface area contributed by atoms with E-state index in [4.69, 9.17) is 4.74 Å². The number of nitrogens with one attached hydrogen (secondary N) is 2. The lowest BCUT2D eigenvalue weighted by molar-refractivity contribution is -0.140. The molecule has 1 aromatic carbocycles. The third kappa shape index (κ3) is 5.81. The molecule has 0 unspecified atom stereocenters. The molecule has 2 amide bonds. The Hall–Kier alpha value is -2.42. The summed E-state index contributed by atoms with van der Waals surface area (Å²) in [6, 6.07) is 11.4. The summed E-state index contributed by atoms with van der Waals surface area (Å²) in [7, 11) is 3.73. The summed E-state index contributed by atoms with van der Waals surface area (Å²) in [5.74, 6) is -0.479. The van der Waals surface area contributed by atoms with Crippen molar-refractivity contribution in [3.63, 3.8) is 0 Å². The standard InChI is InChI=1S/C22H30N4O3S/c1-16(20(19-5-4-14-30-19)26-12-10-25(2)11-13-26)24-22(28)21(27)23-15-17-6-8-18(29-3)9-7-17/h4-9,14,16,20H,10-13,15H2,1-3H3,(H,23,27)(H,24,28)/t16-,20-/m1/s1. The van der Waals surface area contributed by atoms with E-state index < -0.39 is 11.8 Å². The van der Waals surface area contributed by atoms with Crippen LogP contribution in [0.15, 0.2) is 41.8 Å². The fraction of sp³-hybridized carbons (Fsp3) is 0.455. The fourth-order valence-corrected chi connectivity index (χ4v) is 4.62. The van der Waals surface area contributed by atoms with Crippen molar-refractivity contribution in [1.82, 2.24) is 20.4 Å². The van der Waals surface area contributed by atoms with Gasteiger partial charge in [-0.1, -0.05) is 18.2 Å². The first-order valence-electron chi connectivity index (χ1n) is 10.2. The van der Waals surface area contributed by atoms with Crippen molar-refractivity contribution in [2.45, 2.75) is 25.6 Å². The van der Waals surface area contributed by atoms with Crippen molar-refractivity contribution in [3.8, 4) is 5.75 Å². The van der Waals surface area contributed by atoms with Crippen molar-refractivity contribution < 1.29 is 14.3 Å². The molecule has 1 fully saturated rings. The van der Waals surface area contributed by atoms with Gasteiger partial charge in [-0.05, 0) is 43.1 Å². The molecule has 8 heteroatoms. The van der Waals surface area contributed by atoms with Gasteiger partial charge in [0.2, 0.25) is 0 Å². The molecule has 0 spiro atoms. The van der Waals surface area contributed by atoms with Gasteiger partial charge in [-0.25, -0.2) is 0 Å². The number of carbonyl (C=O) groups excluding carboxylic acids is 2.